The van der Waals surface area contributed by atoms with E-state index in [0.29, 0.717) is 19.3 Å². The van der Waals surface area contributed by atoms with Gasteiger partial charge in [-0.25, -0.2) is 4.79 Å². The summed E-state index contributed by atoms with van der Waals surface area (Å²) in [5, 5.41) is 9.67. The smallest absolute Gasteiger partial charge is 0.362 e. The topological polar surface area (TPSA) is 99.1 Å². The molecule has 68 heavy (non-hydrogen) atoms. The Balaban J connectivity index is 4.32. The van der Waals surface area contributed by atoms with Crippen molar-refractivity contribution in [2.75, 3.05) is 41.0 Å². The molecule has 0 aliphatic heterocycles. The van der Waals surface area contributed by atoms with Crippen LogP contribution in [0.2, 0.25) is 0 Å². The van der Waals surface area contributed by atoms with Crippen molar-refractivity contribution in [3.05, 3.63) is 97.2 Å². The Labute approximate surface area is 417 Å². The van der Waals surface area contributed by atoms with Crippen LogP contribution in [-0.2, 0) is 28.6 Å². The molecule has 0 aromatic rings. The number of carbonyl (C=O) groups excluding carboxylic acids is 2. The summed E-state index contributed by atoms with van der Waals surface area (Å²) in [5.41, 5.74) is 0. The molecule has 0 saturated heterocycles. The molecule has 0 amide bonds. The van der Waals surface area contributed by atoms with E-state index in [2.05, 4.69) is 111 Å². The van der Waals surface area contributed by atoms with Crippen LogP contribution in [0.4, 0.5) is 0 Å². The number of likely N-dealkylation sites (N-methyl/N-ethyl adjacent to an activating group) is 1. The number of aliphatic carboxylic acids is 1. The lowest BCUT2D eigenvalue weighted by atomic mass is 10.1. The first-order valence-corrected chi connectivity index (χ1v) is 27.3. The van der Waals surface area contributed by atoms with Gasteiger partial charge in [0.1, 0.15) is 6.61 Å². The van der Waals surface area contributed by atoms with Gasteiger partial charge in [-0.1, -0.05) is 195 Å². The number of rotatable bonds is 48. The van der Waals surface area contributed by atoms with Gasteiger partial charge in [0, 0.05) is 19.3 Å². The highest BCUT2D eigenvalue weighted by Gasteiger charge is 2.31. The van der Waals surface area contributed by atoms with E-state index in [1.165, 1.54) is 83.5 Å². The van der Waals surface area contributed by atoms with E-state index in [1.807, 2.05) is 21.1 Å². The van der Waals surface area contributed by atoms with Crippen LogP contribution in [-0.4, -0.2) is 80.6 Å². The van der Waals surface area contributed by atoms with Crippen LogP contribution in [0.25, 0.3) is 0 Å². The maximum atomic E-state index is 12.8. The molecule has 1 N–H and O–H groups in total. The molecule has 0 aliphatic rings. The van der Waals surface area contributed by atoms with E-state index in [0.717, 1.165) is 96.3 Å². The lowest BCUT2D eigenvalue weighted by molar-refractivity contribution is -0.887. The van der Waals surface area contributed by atoms with Gasteiger partial charge in [0.15, 0.2) is 12.1 Å². The highest BCUT2D eigenvalue weighted by molar-refractivity contribution is 5.72. The van der Waals surface area contributed by atoms with Crippen LogP contribution in [0.1, 0.15) is 213 Å². The number of allylic oxidation sites excluding steroid dienone is 16. The fourth-order valence-corrected chi connectivity index (χ4v) is 7.54. The van der Waals surface area contributed by atoms with Crippen LogP contribution in [0.15, 0.2) is 97.2 Å². The van der Waals surface area contributed by atoms with Gasteiger partial charge >= 0.3 is 17.9 Å². The van der Waals surface area contributed by atoms with Crippen molar-refractivity contribution in [3.8, 4) is 0 Å². The van der Waals surface area contributed by atoms with Gasteiger partial charge in [0.2, 0.25) is 0 Å². The Bertz CT molecular complexity index is 1430. The zero-order chi connectivity index (χ0) is 49.9. The number of unbranched alkanes of at least 4 members (excludes halogenated alkanes) is 18. The quantitative estimate of drug-likeness (QED) is 0.0281. The van der Waals surface area contributed by atoms with Gasteiger partial charge in [0.25, 0.3) is 0 Å². The first-order valence-electron chi connectivity index (χ1n) is 27.3. The summed E-state index contributed by atoms with van der Waals surface area (Å²) in [6.07, 6.45) is 67.5. The SMILES string of the molecule is CC/C=C/C/C=C/C/C=C/C/C=C/C/C=C/C/C=C/CCCCCC(=O)OCC(COCCC(C(=O)O)[N+](C)(C)C)OC(=O)CCCCCCCCC/C=C/C/C=C/CCCCCCCCCC. The fraction of sp³-hybridized carbons (Fsp3) is 0.683. The van der Waals surface area contributed by atoms with E-state index in [9.17, 15) is 19.5 Å². The first-order chi connectivity index (χ1) is 33.1. The third-order valence-corrected chi connectivity index (χ3v) is 11.7. The average molecular weight is 949 g/mol. The third-order valence-electron chi connectivity index (χ3n) is 11.7. The number of hydrogen-bond donors (Lipinski definition) is 1. The summed E-state index contributed by atoms with van der Waals surface area (Å²) in [6, 6.07) is -0.628. The molecule has 2 atom stereocenters. The van der Waals surface area contributed by atoms with Gasteiger partial charge in [-0.3, -0.25) is 9.59 Å². The highest BCUT2D eigenvalue weighted by atomic mass is 16.6. The van der Waals surface area contributed by atoms with Gasteiger partial charge in [0.05, 0.1) is 34.4 Å². The first kappa shape index (κ1) is 64.2. The number of hydrogen-bond acceptors (Lipinski definition) is 6. The van der Waals surface area contributed by atoms with Crippen molar-refractivity contribution in [3.63, 3.8) is 0 Å². The standard InChI is InChI=1S/C60H101NO7/c1-6-8-10-12-14-16-18-20-22-24-26-28-30-32-34-36-38-40-42-44-46-48-50-58(62)67-55-56(54-66-53-52-57(60(64)65)61(3,4)5)68-59(63)51-49-47-45-43-41-39-37-35-33-31-29-27-25-23-21-19-17-15-13-11-9-7-2/h8,10,14,16,20,22,25-28,31-34,38,40,56-57H,6-7,9,11-13,15,17-19,21,23-24,29-30,35-37,39,41-55H2,1-5H3/p+1/b10-8+,16-14+,22-20+,27-25+,28-26+,33-31+,34-32+,40-38+. The molecule has 8 heteroatoms. The van der Waals surface area contributed by atoms with E-state index in [-0.39, 0.29) is 36.2 Å². The molecule has 0 fully saturated rings. The van der Waals surface area contributed by atoms with Gasteiger partial charge in [-0.05, 0) is 96.3 Å². The fourth-order valence-electron chi connectivity index (χ4n) is 7.54. The summed E-state index contributed by atoms with van der Waals surface area (Å²) in [5.74, 6) is -1.53. The number of ether oxygens (including phenoxy) is 3. The second-order valence-corrected chi connectivity index (χ2v) is 19.1. The maximum Gasteiger partial charge on any atom is 0.362 e. The molecule has 388 valence electrons. The maximum absolute atomic E-state index is 12.8. The van der Waals surface area contributed by atoms with Crippen LogP contribution < -0.4 is 0 Å². The summed E-state index contributed by atoms with van der Waals surface area (Å²) in [7, 11) is 5.52. The predicted octanol–water partition coefficient (Wildman–Crippen LogP) is 16.2. The van der Waals surface area contributed by atoms with E-state index >= 15 is 0 Å². The summed E-state index contributed by atoms with van der Waals surface area (Å²) in [6.45, 7) is 4.58. The van der Waals surface area contributed by atoms with Crippen LogP contribution in [0, 0.1) is 0 Å². The Morgan fingerprint density at radius 3 is 1.24 bits per heavy atom. The predicted molar refractivity (Wildman–Crippen MR) is 289 cm³/mol. The molecule has 0 spiro atoms. The van der Waals surface area contributed by atoms with E-state index in [1.54, 1.807) is 0 Å². The molecule has 0 radical (unpaired) electrons. The van der Waals surface area contributed by atoms with Gasteiger partial charge < -0.3 is 23.8 Å². The number of carboxylic acid groups (broad SMARTS) is 1. The Hall–Kier alpha value is -3.75. The molecular formula is C60H102NO7+. The molecule has 0 aromatic heterocycles. The van der Waals surface area contributed by atoms with Crippen molar-refractivity contribution < 1.29 is 38.2 Å². The largest absolute Gasteiger partial charge is 0.477 e. The molecule has 0 aromatic carbocycles. The third kappa shape index (κ3) is 47.3. The van der Waals surface area contributed by atoms with Gasteiger partial charge in [-0.2, -0.15) is 0 Å². The lowest BCUT2D eigenvalue weighted by Crippen LogP contribution is -2.50. The van der Waals surface area contributed by atoms with Crippen molar-refractivity contribution >= 4 is 17.9 Å². The molecule has 8 nitrogen and oxygen atoms in total. The lowest BCUT2D eigenvalue weighted by Gasteiger charge is -2.31. The normalized spacial score (nSPS) is 13.6. The minimum Gasteiger partial charge on any atom is -0.477 e. The van der Waals surface area contributed by atoms with E-state index < -0.39 is 18.1 Å². The number of carbonyl (C=O) groups is 3. The van der Waals surface area contributed by atoms with Crippen molar-refractivity contribution in [2.45, 2.75) is 225 Å². The number of esters is 2. The Morgan fingerprint density at radius 2 is 0.824 bits per heavy atom. The molecule has 0 heterocycles. The van der Waals surface area contributed by atoms with Crippen molar-refractivity contribution in [2.24, 2.45) is 0 Å². The Morgan fingerprint density at radius 1 is 0.456 bits per heavy atom. The minimum absolute atomic E-state index is 0.0414. The summed E-state index contributed by atoms with van der Waals surface area (Å²) >= 11 is 0. The second-order valence-electron chi connectivity index (χ2n) is 19.1. The second kappa shape index (κ2) is 49.7. The summed E-state index contributed by atoms with van der Waals surface area (Å²) in [4.78, 5) is 37.2. The molecule has 2 unspecified atom stereocenters. The minimum atomic E-state index is -0.884. The van der Waals surface area contributed by atoms with Gasteiger partial charge in [-0.15, -0.1) is 0 Å². The molecule has 0 saturated carbocycles. The van der Waals surface area contributed by atoms with Crippen LogP contribution >= 0.6 is 0 Å². The number of quaternary nitrogens is 1. The van der Waals surface area contributed by atoms with Crippen molar-refractivity contribution in [1.29, 1.82) is 0 Å². The molecule has 0 rings (SSSR count). The van der Waals surface area contributed by atoms with Crippen LogP contribution in [0.5, 0.6) is 0 Å². The van der Waals surface area contributed by atoms with E-state index in [4.69, 9.17) is 14.2 Å². The zero-order valence-corrected chi connectivity index (χ0v) is 44.3. The number of carboxylic acids is 1. The molecule has 0 aliphatic carbocycles. The number of nitrogens with zero attached hydrogens (tertiary/aromatic N) is 1. The Kier molecular flexibility index (Phi) is 46.9. The monoisotopic (exact) mass is 949 g/mol. The highest BCUT2D eigenvalue weighted by Crippen LogP contribution is 2.14. The average Bonchev–Trinajstić information content (AvgIpc) is 3.30. The zero-order valence-electron chi connectivity index (χ0n) is 44.3. The summed E-state index contributed by atoms with van der Waals surface area (Å²) < 4.78 is 17.3. The molecular weight excluding hydrogens is 847 g/mol. The van der Waals surface area contributed by atoms with Crippen molar-refractivity contribution in [1.82, 2.24) is 0 Å². The molecule has 0 bridgehead atoms. The van der Waals surface area contributed by atoms with Crippen LogP contribution in [0.3, 0.4) is 0 Å².